The molecule has 0 aliphatic heterocycles. The number of imide groups is 1. The molecule has 4 amide bonds. The van der Waals surface area contributed by atoms with Crippen LogP contribution < -0.4 is 20.7 Å². The lowest BCUT2D eigenvalue weighted by molar-refractivity contribution is -0.147. The molecule has 1 aromatic rings. The molecule has 0 saturated carbocycles. The second-order valence-corrected chi connectivity index (χ2v) is 5.22. The van der Waals surface area contributed by atoms with Crippen LogP contribution in [0.5, 0.6) is 5.75 Å². The highest BCUT2D eigenvalue weighted by Gasteiger charge is 2.15. The first-order chi connectivity index (χ1) is 11.8. The van der Waals surface area contributed by atoms with Crippen LogP contribution in [0, 0.1) is 0 Å². The Balaban J connectivity index is 2.36. The van der Waals surface area contributed by atoms with Gasteiger partial charge in [0.15, 0.2) is 6.61 Å². The van der Waals surface area contributed by atoms with Gasteiger partial charge in [-0.2, -0.15) is 0 Å². The van der Waals surface area contributed by atoms with Crippen LogP contribution in [0.25, 0.3) is 0 Å². The van der Waals surface area contributed by atoms with E-state index in [1.807, 2.05) is 5.32 Å². The molecule has 3 N–H and O–H groups in total. The molecule has 25 heavy (non-hydrogen) atoms. The number of carbonyl (C=O) groups is 4. The van der Waals surface area contributed by atoms with Crippen LogP contribution in [0.3, 0.4) is 0 Å². The molecule has 0 radical (unpaired) electrons. The molecule has 1 rings (SSSR count). The third-order valence-corrected chi connectivity index (χ3v) is 2.78. The van der Waals surface area contributed by atoms with Crippen molar-refractivity contribution in [3.8, 4) is 5.75 Å². The van der Waals surface area contributed by atoms with Gasteiger partial charge in [-0.05, 0) is 26.0 Å². The third-order valence-electron chi connectivity index (χ3n) is 2.78. The van der Waals surface area contributed by atoms with E-state index in [9.17, 15) is 19.2 Å². The molecule has 0 spiro atoms. The van der Waals surface area contributed by atoms with E-state index in [4.69, 9.17) is 4.74 Å². The Morgan fingerprint density at radius 1 is 1.12 bits per heavy atom. The molecule has 0 unspecified atom stereocenters. The summed E-state index contributed by atoms with van der Waals surface area (Å²) in [5, 5.41) is 6.81. The zero-order valence-corrected chi connectivity index (χ0v) is 14.3. The van der Waals surface area contributed by atoms with Gasteiger partial charge in [-0.15, -0.1) is 0 Å². The summed E-state index contributed by atoms with van der Waals surface area (Å²) in [5.41, 5.74) is 0.265. The number of urea groups is 1. The number of benzene rings is 1. The Morgan fingerprint density at radius 3 is 2.44 bits per heavy atom. The summed E-state index contributed by atoms with van der Waals surface area (Å²) in [6.45, 7) is 2.40. The van der Waals surface area contributed by atoms with Crippen molar-refractivity contribution in [1.29, 1.82) is 0 Å². The molecule has 9 heteroatoms. The SMILES string of the molecule is COc1ccccc1C(=O)NCC(=O)OCC(=O)NC(=O)NC(C)C. The number of methoxy groups -OCH3 is 1. The number of amides is 4. The van der Waals surface area contributed by atoms with E-state index in [0.717, 1.165) is 0 Å². The average Bonchev–Trinajstić information content (AvgIpc) is 2.56. The quantitative estimate of drug-likeness (QED) is 0.603. The van der Waals surface area contributed by atoms with Crippen molar-refractivity contribution in [2.75, 3.05) is 20.3 Å². The molecule has 9 nitrogen and oxygen atoms in total. The number of ether oxygens (including phenoxy) is 2. The maximum Gasteiger partial charge on any atom is 0.325 e. The minimum absolute atomic E-state index is 0.138. The summed E-state index contributed by atoms with van der Waals surface area (Å²) in [6.07, 6.45) is 0. The van der Waals surface area contributed by atoms with Crippen molar-refractivity contribution >= 4 is 23.8 Å². The van der Waals surface area contributed by atoms with Gasteiger partial charge in [0.1, 0.15) is 12.3 Å². The number of carbonyl (C=O) groups excluding carboxylic acids is 4. The Labute approximate surface area is 145 Å². The first-order valence-corrected chi connectivity index (χ1v) is 7.50. The molecule has 0 aliphatic carbocycles. The van der Waals surface area contributed by atoms with E-state index < -0.39 is 37.0 Å². The van der Waals surface area contributed by atoms with E-state index in [2.05, 4.69) is 15.4 Å². The first-order valence-electron chi connectivity index (χ1n) is 7.50. The second kappa shape index (κ2) is 9.91. The zero-order valence-electron chi connectivity index (χ0n) is 14.3. The third kappa shape index (κ3) is 7.34. The zero-order chi connectivity index (χ0) is 18.8. The summed E-state index contributed by atoms with van der Waals surface area (Å²) >= 11 is 0. The van der Waals surface area contributed by atoms with E-state index in [-0.39, 0.29) is 11.6 Å². The van der Waals surface area contributed by atoms with E-state index >= 15 is 0 Å². The lowest BCUT2D eigenvalue weighted by atomic mass is 10.2. The van der Waals surface area contributed by atoms with E-state index in [1.165, 1.54) is 7.11 Å². The molecular formula is C16H21N3O6. The van der Waals surface area contributed by atoms with Crippen LogP contribution in [0.15, 0.2) is 24.3 Å². The van der Waals surface area contributed by atoms with Crippen molar-refractivity contribution in [3.05, 3.63) is 29.8 Å². The summed E-state index contributed by atoms with van der Waals surface area (Å²) in [6, 6.07) is 5.70. The van der Waals surface area contributed by atoms with Gasteiger partial charge in [0.05, 0.1) is 12.7 Å². The fourth-order valence-corrected chi connectivity index (χ4v) is 1.74. The van der Waals surface area contributed by atoms with Crippen molar-refractivity contribution in [2.45, 2.75) is 19.9 Å². The van der Waals surface area contributed by atoms with Crippen molar-refractivity contribution in [1.82, 2.24) is 16.0 Å². The van der Waals surface area contributed by atoms with Crippen molar-refractivity contribution < 1.29 is 28.7 Å². The maximum atomic E-state index is 12.0. The molecule has 0 atom stereocenters. The van der Waals surface area contributed by atoms with Gasteiger partial charge in [-0.3, -0.25) is 19.7 Å². The van der Waals surface area contributed by atoms with Crippen LogP contribution in [0.2, 0.25) is 0 Å². The fourth-order valence-electron chi connectivity index (χ4n) is 1.74. The molecule has 0 aliphatic rings. The van der Waals surface area contributed by atoms with Gasteiger partial charge < -0.3 is 20.1 Å². The number of rotatable bonds is 7. The van der Waals surface area contributed by atoms with Gasteiger partial charge >= 0.3 is 12.0 Å². The Morgan fingerprint density at radius 2 is 1.80 bits per heavy atom. The van der Waals surface area contributed by atoms with Crippen molar-refractivity contribution in [3.63, 3.8) is 0 Å². The molecule has 0 aromatic heterocycles. The highest BCUT2D eigenvalue weighted by molar-refractivity contribution is 5.99. The normalized spacial score (nSPS) is 9.92. The second-order valence-electron chi connectivity index (χ2n) is 5.22. The summed E-state index contributed by atoms with van der Waals surface area (Å²) in [4.78, 5) is 46.3. The highest BCUT2D eigenvalue weighted by Crippen LogP contribution is 2.16. The average molecular weight is 351 g/mol. The Bertz CT molecular complexity index is 645. The van der Waals surface area contributed by atoms with Gasteiger partial charge in [0, 0.05) is 6.04 Å². The van der Waals surface area contributed by atoms with Gasteiger partial charge in [0.25, 0.3) is 11.8 Å². The summed E-state index contributed by atoms with van der Waals surface area (Å²) in [7, 11) is 1.43. The minimum atomic E-state index is -0.817. The van der Waals surface area contributed by atoms with Crippen molar-refractivity contribution in [2.24, 2.45) is 0 Å². The number of para-hydroxylation sites is 1. The predicted octanol–water partition coefficient (Wildman–Crippen LogP) is 0.202. The standard InChI is InChI=1S/C16H21N3O6/c1-10(2)18-16(23)19-13(20)9-25-14(21)8-17-15(22)11-6-4-5-7-12(11)24-3/h4-7,10H,8-9H2,1-3H3,(H,17,22)(H2,18,19,20,23). The minimum Gasteiger partial charge on any atom is -0.496 e. The topological polar surface area (TPSA) is 123 Å². The molecule has 0 bridgehead atoms. The van der Waals surface area contributed by atoms with E-state index in [1.54, 1.807) is 38.1 Å². The van der Waals surface area contributed by atoms with Gasteiger partial charge in [0.2, 0.25) is 0 Å². The van der Waals surface area contributed by atoms with Crippen LogP contribution in [0.1, 0.15) is 24.2 Å². The van der Waals surface area contributed by atoms with Gasteiger partial charge in [-0.25, -0.2) is 4.79 Å². The molecule has 0 heterocycles. The predicted molar refractivity (Wildman–Crippen MR) is 88.1 cm³/mol. The first kappa shape index (κ1) is 19.9. The lowest BCUT2D eigenvalue weighted by Gasteiger charge is -2.10. The molecule has 0 fully saturated rings. The summed E-state index contributed by atoms with van der Waals surface area (Å²) < 4.78 is 9.72. The lowest BCUT2D eigenvalue weighted by Crippen LogP contribution is -2.44. The van der Waals surface area contributed by atoms with Crippen LogP contribution in [-0.4, -0.2) is 50.1 Å². The fraction of sp³-hybridized carbons (Fsp3) is 0.375. The van der Waals surface area contributed by atoms with E-state index in [0.29, 0.717) is 5.75 Å². The molecular weight excluding hydrogens is 330 g/mol. The number of nitrogens with one attached hydrogen (secondary N) is 3. The monoisotopic (exact) mass is 351 g/mol. The largest absolute Gasteiger partial charge is 0.496 e. The highest BCUT2D eigenvalue weighted by atomic mass is 16.5. The molecule has 0 saturated heterocycles. The number of esters is 1. The Hall–Kier alpha value is -3.10. The van der Waals surface area contributed by atoms with Crippen LogP contribution in [-0.2, 0) is 14.3 Å². The number of hydrogen-bond acceptors (Lipinski definition) is 6. The summed E-state index contributed by atoms with van der Waals surface area (Å²) in [5.74, 6) is -1.75. The van der Waals surface area contributed by atoms with Gasteiger partial charge in [-0.1, -0.05) is 12.1 Å². The molecule has 1 aromatic carbocycles. The number of hydrogen-bond donors (Lipinski definition) is 3. The smallest absolute Gasteiger partial charge is 0.325 e. The Kier molecular flexibility index (Phi) is 7.91. The van der Waals surface area contributed by atoms with Crippen LogP contribution in [0.4, 0.5) is 4.79 Å². The maximum absolute atomic E-state index is 12.0. The molecule has 136 valence electrons. The van der Waals surface area contributed by atoms with Crippen LogP contribution >= 0.6 is 0 Å².